The van der Waals surface area contributed by atoms with Crippen molar-refractivity contribution in [2.45, 2.75) is 38.3 Å². The molecule has 1 heterocycles. The van der Waals surface area contributed by atoms with Crippen LogP contribution in [0.25, 0.3) is 0 Å². The van der Waals surface area contributed by atoms with Crippen LogP contribution in [0.2, 0.25) is 0 Å². The number of aliphatic hydroxyl groups excluding tert-OH is 2. The molecule has 8 heteroatoms. The van der Waals surface area contributed by atoms with Crippen LogP contribution >= 0.6 is 8.17 Å². The van der Waals surface area contributed by atoms with Crippen LogP contribution in [0.4, 0.5) is 0 Å². The third kappa shape index (κ3) is 4.86. The molecule has 22 heavy (non-hydrogen) atoms. The molecule has 4 atom stereocenters. The predicted molar refractivity (Wildman–Crippen MR) is 77.9 cm³/mol. The lowest BCUT2D eigenvalue weighted by atomic mass is 10.1. The number of phosphoric ester groups is 1. The molecular formula is C14H21O7P. The number of hydrogen-bond acceptors (Lipinski definition) is 7. The van der Waals surface area contributed by atoms with E-state index in [9.17, 15) is 15.1 Å². The molecule has 1 aliphatic rings. The molecule has 0 spiro atoms. The molecular weight excluding hydrogens is 311 g/mol. The van der Waals surface area contributed by atoms with Crippen molar-refractivity contribution in [1.29, 1.82) is 0 Å². The summed E-state index contributed by atoms with van der Waals surface area (Å²) in [4.78, 5) is 12.5. The Bertz CT molecular complexity index is 458. The van der Waals surface area contributed by atoms with Gasteiger partial charge < -0.3 is 19.8 Å². The van der Waals surface area contributed by atoms with Crippen molar-refractivity contribution >= 4 is 8.17 Å². The van der Waals surface area contributed by atoms with Crippen molar-refractivity contribution in [2.24, 2.45) is 0 Å². The minimum absolute atomic E-state index is 0.0509. The van der Waals surface area contributed by atoms with Crippen molar-refractivity contribution in [1.82, 2.24) is 0 Å². The van der Waals surface area contributed by atoms with Crippen LogP contribution in [-0.2, 0) is 13.8 Å². The van der Waals surface area contributed by atoms with E-state index in [-0.39, 0.29) is 19.3 Å². The molecule has 0 radical (unpaired) electrons. The number of hydrogen-bond donors (Lipinski definition) is 2. The maximum absolute atomic E-state index is 12.5. The van der Waals surface area contributed by atoms with Crippen LogP contribution in [0, 0.1) is 0 Å². The lowest BCUT2D eigenvalue weighted by Gasteiger charge is -2.37. The zero-order valence-corrected chi connectivity index (χ0v) is 13.4. The number of benzene rings is 1. The molecule has 0 aromatic heterocycles. The normalized spacial score (nSPS) is 30.3. The Morgan fingerprint density at radius 1 is 1.36 bits per heavy atom. The molecule has 1 aliphatic heterocycles. The highest BCUT2D eigenvalue weighted by molar-refractivity contribution is 7.54. The summed E-state index contributed by atoms with van der Waals surface area (Å²) in [6.07, 6.45) is -3.46. The first-order valence-electron chi connectivity index (χ1n) is 7.05. The van der Waals surface area contributed by atoms with Crippen LogP contribution in [0.3, 0.4) is 0 Å². The maximum atomic E-state index is 12.5. The third-order valence-electron chi connectivity index (χ3n) is 2.97. The van der Waals surface area contributed by atoms with Gasteiger partial charge in [-0.1, -0.05) is 18.2 Å². The summed E-state index contributed by atoms with van der Waals surface area (Å²) in [6.45, 7) is 3.33. The molecule has 124 valence electrons. The van der Waals surface area contributed by atoms with Gasteiger partial charge in [0.15, 0.2) is 11.9 Å². The molecule has 0 saturated carbocycles. The summed E-state index contributed by atoms with van der Waals surface area (Å²) in [7, 11) is -3.91. The molecule has 1 unspecified atom stereocenters. The van der Waals surface area contributed by atoms with Crippen molar-refractivity contribution < 1.29 is 33.4 Å². The molecule has 2 rings (SSSR count). The number of phosphoric acid groups is 1. The molecule has 1 fully saturated rings. The van der Waals surface area contributed by atoms with E-state index in [2.05, 4.69) is 0 Å². The van der Waals surface area contributed by atoms with Gasteiger partial charge in [-0.3, -0.25) is 4.52 Å². The molecule has 2 N–H and O–H groups in total. The average Bonchev–Trinajstić information content (AvgIpc) is 2.48. The second-order valence-electron chi connectivity index (χ2n) is 5.23. The van der Waals surface area contributed by atoms with E-state index in [1.165, 1.54) is 0 Å². The van der Waals surface area contributed by atoms with E-state index >= 15 is 0 Å². The quantitative estimate of drug-likeness (QED) is 0.738. The third-order valence-corrected chi connectivity index (χ3v) is 4.37. The Morgan fingerprint density at radius 3 is 2.68 bits per heavy atom. The SMILES string of the molecule is CC(C)OC[C@H](O)[C@@H]1O[P+]([O-])(Oc2ccccc2)OC[C@H]1O. The molecule has 7 nitrogen and oxygen atoms in total. The van der Waals surface area contributed by atoms with Gasteiger partial charge >= 0.3 is 8.17 Å². The summed E-state index contributed by atoms with van der Waals surface area (Å²) < 4.78 is 20.7. The molecule has 0 bridgehead atoms. The standard InChI is InChI=1S/C14H21O7P/c1-10(2)18-8-12(15)14-13(16)9-19-22(17,21-14)20-11-6-4-3-5-7-11/h3-7,10,12-16H,8-9H2,1-2H3/t12-,13+,14-,22?/m0/s1. The van der Waals surface area contributed by atoms with E-state index in [4.69, 9.17) is 18.3 Å². The monoisotopic (exact) mass is 332 g/mol. The van der Waals surface area contributed by atoms with Gasteiger partial charge in [-0.25, -0.2) is 0 Å². The second-order valence-corrected chi connectivity index (χ2v) is 6.78. The van der Waals surface area contributed by atoms with Crippen LogP contribution in [0.5, 0.6) is 5.75 Å². The summed E-state index contributed by atoms with van der Waals surface area (Å²) in [5.41, 5.74) is 0. The summed E-state index contributed by atoms with van der Waals surface area (Å²) in [6, 6.07) is 8.41. The van der Waals surface area contributed by atoms with E-state index < -0.39 is 26.5 Å². The van der Waals surface area contributed by atoms with Crippen molar-refractivity contribution in [3.63, 3.8) is 0 Å². The number of para-hydroxylation sites is 1. The first-order valence-corrected chi connectivity index (χ1v) is 8.51. The fraction of sp³-hybridized carbons (Fsp3) is 0.571. The Balaban J connectivity index is 1.99. The van der Waals surface area contributed by atoms with Gasteiger partial charge in [0.05, 0.1) is 12.7 Å². The fourth-order valence-corrected chi connectivity index (χ4v) is 3.33. The fourth-order valence-electron chi connectivity index (χ4n) is 1.88. The minimum atomic E-state index is -3.91. The molecule has 1 saturated heterocycles. The van der Waals surface area contributed by atoms with Gasteiger partial charge in [0.2, 0.25) is 0 Å². The van der Waals surface area contributed by atoms with Gasteiger partial charge in [0, 0.05) is 0 Å². The highest BCUT2D eigenvalue weighted by atomic mass is 31.2. The highest BCUT2D eigenvalue weighted by Gasteiger charge is 2.49. The number of ether oxygens (including phenoxy) is 1. The van der Waals surface area contributed by atoms with Crippen molar-refractivity contribution in [3.05, 3.63) is 30.3 Å². The first kappa shape index (κ1) is 17.6. The zero-order valence-electron chi connectivity index (χ0n) is 12.5. The molecule has 1 aromatic carbocycles. The maximum Gasteiger partial charge on any atom is 0.429 e. The van der Waals surface area contributed by atoms with Gasteiger partial charge in [-0.2, -0.15) is 9.05 Å². The van der Waals surface area contributed by atoms with Crippen LogP contribution in [0.1, 0.15) is 13.8 Å². The lowest BCUT2D eigenvalue weighted by molar-refractivity contribution is -0.269. The lowest BCUT2D eigenvalue weighted by Crippen LogP contribution is -2.50. The van der Waals surface area contributed by atoms with Crippen LogP contribution < -0.4 is 9.42 Å². The largest absolute Gasteiger partial charge is 0.598 e. The Kier molecular flexibility index (Phi) is 6.11. The summed E-state index contributed by atoms with van der Waals surface area (Å²) in [5, 5.41) is 19.9. The van der Waals surface area contributed by atoms with E-state index in [1.54, 1.807) is 30.3 Å². The Morgan fingerprint density at radius 2 is 2.05 bits per heavy atom. The smallest absolute Gasteiger partial charge is 0.429 e. The van der Waals surface area contributed by atoms with Gasteiger partial charge in [-0.05, 0) is 26.0 Å². The first-order chi connectivity index (χ1) is 10.4. The molecule has 0 aliphatic carbocycles. The van der Waals surface area contributed by atoms with E-state index in [1.807, 2.05) is 13.8 Å². The molecule has 0 amide bonds. The Hall–Kier alpha value is -0.790. The number of aliphatic hydroxyl groups is 2. The van der Waals surface area contributed by atoms with Crippen LogP contribution in [0.15, 0.2) is 30.3 Å². The predicted octanol–water partition coefficient (Wildman–Crippen LogP) is 0.665. The van der Waals surface area contributed by atoms with Crippen LogP contribution in [-0.4, -0.2) is 47.8 Å². The van der Waals surface area contributed by atoms with Crippen molar-refractivity contribution in [2.75, 3.05) is 13.2 Å². The van der Waals surface area contributed by atoms with E-state index in [0.717, 1.165) is 0 Å². The Labute approximate surface area is 130 Å². The molecule has 1 aromatic rings. The number of rotatable bonds is 6. The van der Waals surface area contributed by atoms with Gasteiger partial charge in [-0.15, -0.1) is 0 Å². The van der Waals surface area contributed by atoms with Crippen molar-refractivity contribution in [3.8, 4) is 5.75 Å². The zero-order chi connectivity index (χ0) is 16.2. The second kappa shape index (κ2) is 7.66. The van der Waals surface area contributed by atoms with E-state index in [0.29, 0.717) is 5.75 Å². The summed E-state index contributed by atoms with van der Waals surface area (Å²) in [5.74, 6) is 0.314. The highest BCUT2D eigenvalue weighted by Crippen LogP contribution is 2.57. The summed E-state index contributed by atoms with van der Waals surface area (Å²) >= 11 is 0. The van der Waals surface area contributed by atoms with Gasteiger partial charge in [0.1, 0.15) is 18.8 Å². The average molecular weight is 332 g/mol. The van der Waals surface area contributed by atoms with Gasteiger partial charge in [0.25, 0.3) is 0 Å². The minimum Gasteiger partial charge on any atom is -0.598 e. The topological polar surface area (TPSA) is 100 Å².